The Morgan fingerprint density at radius 2 is 2.31 bits per heavy atom. The molecule has 0 saturated carbocycles. The van der Waals surface area contributed by atoms with Crippen LogP contribution in [0, 0.1) is 11.3 Å². The van der Waals surface area contributed by atoms with E-state index in [1.165, 1.54) is 0 Å². The quantitative estimate of drug-likeness (QED) is 0.903. The second kappa shape index (κ2) is 6.51. The van der Waals surface area contributed by atoms with Crippen LogP contribution in [0.2, 0.25) is 0 Å². The van der Waals surface area contributed by atoms with Gasteiger partial charge in [-0.1, -0.05) is 22.9 Å². The SMILES string of the molecule is CCC(C#N)Oc1ccc(Br)c(CCN)c1. The predicted molar refractivity (Wildman–Crippen MR) is 67.2 cm³/mol. The fraction of sp³-hybridized carbons (Fsp3) is 0.417. The van der Waals surface area contributed by atoms with Gasteiger partial charge in [0.1, 0.15) is 11.8 Å². The minimum absolute atomic E-state index is 0.382. The van der Waals surface area contributed by atoms with Gasteiger partial charge in [0, 0.05) is 4.47 Å². The molecule has 1 aromatic rings. The number of nitriles is 1. The normalized spacial score (nSPS) is 11.9. The lowest BCUT2D eigenvalue weighted by Crippen LogP contribution is -2.12. The van der Waals surface area contributed by atoms with E-state index in [0.29, 0.717) is 13.0 Å². The molecule has 4 heteroatoms. The van der Waals surface area contributed by atoms with Crippen molar-refractivity contribution in [2.75, 3.05) is 6.54 Å². The molecule has 16 heavy (non-hydrogen) atoms. The lowest BCUT2D eigenvalue weighted by atomic mass is 10.1. The van der Waals surface area contributed by atoms with E-state index >= 15 is 0 Å². The Morgan fingerprint density at radius 3 is 2.88 bits per heavy atom. The van der Waals surface area contributed by atoms with Gasteiger partial charge in [-0.15, -0.1) is 0 Å². The van der Waals surface area contributed by atoms with Gasteiger partial charge in [-0.05, 0) is 43.1 Å². The first-order chi connectivity index (χ1) is 7.71. The third kappa shape index (κ3) is 3.51. The summed E-state index contributed by atoms with van der Waals surface area (Å²) in [4.78, 5) is 0. The topological polar surface area (TPSA) is 59.0 Å². The molecule has 2 N–H and O–H groups in total. The van der Waals surface area contributed by atoms with Crippen molar-refractivity contribution in [1.29, 1.82) is 5.26 Å². The molecule has 1 rings (SSSR count). The molecule has 1 atom stereocenters. The van der Waals surface area contributed by atoms with E-state index in [0.717, 1.165) is 22.2 Å². The van der Waals surface area contributed by atoms with Crippen LogP contribution in [0.1, 0.15) is 18.9 Å². The summed E-state index contributed by atoms with van der Waals surface area (Å²) in [5.41, 5.74) is 6.62. The van der Waals surface area contributed by atoms with Crippen molar-refractivity contribution in [2.45, 2.75) is 25.9 Å². The van der Waals surface area contributed by atoms with Crippen molar-refractivity contribution in [1.82, 2.24) is 0 Å². The summed E-state index contributed by atoms with van der Waals surface area (Å²) in [6.07, 6.45) is 1.09. The molecule has 1 unspecified atom stereocenters. The van der Waals surface area contributed by atoms with Crippen molar-refractivity contribution in [3.05, 3.63) is 28.2 Å². The Kier molecular flexibility index (Phi) is 5.30. The van der Waals surface area contributed by atoms with Crippen LogP contribution in [-0.4, -0.2) is 12.6 Å². The highest BCUT2D eigenvalue weighted by Gasteiger charge is 2.07. The highest BCUT2D eigenvalue weighted by Crippen LogP contribution is 2.23. The molecule has 0 saturated heterocycles. The van der Waals surface area contributed by atoms with Gasteiger partial charge in [0.05, 0.1) is 0 Å². The number of halogens is 1. The second-order valence-electron chi connectivity index (χ2n) is 3.44. The molecule has 0 spiro atoms. The third-order valence-electron chi connectivity index (χ3n) is 2.22. The standard InChI is InChI=1S/C12H15BrN2O/c1-2-10(8-15)16-11-3-4-12(13)9(7-11)5-6-14/h3-4,7,10H,2,5-6,14H2,1H3. The van der Waals surface area contributed by atoms with Crippen LogP contribution in [0.15, 0.2) is 22.7 Å². The third-order valence-corrected chi connectivity index (χ3v) is 3.00. The molecular weight excluding hydrogens is 268 g/mol. The van der Waals surface area contributed by atoms with Gasteiger partial charge in [0.25, 0.3) is 0 Å². The van der Waals surface area contributed by atoms with Gasteiger partial charge >= 0.3 is 0 Å². The van der Waals surface area contributed by atoms with Gasteiger partial charge in [-0.25, -0.2) is 0 Å². The Morgan fingerprint density at radius 1 is 1.56 bits per heavy atom. The number of hydrogen-bond acceptors (Lipinski definition) is 3. The Hall–Kier alpha value is -1.05. The van der Waals surface area contributed by atoms with Crippen LogP contribution in [0.25, 0.3) is 0 Å². The van der Waals surface area contributed by atoms with E-state index < -0.39 is 0 Å². The van der Waals surface area contributed by atoms with Crippen molar-refractivity contribution < 1.29 is 4.74 Å². The van der Waals surface area contributed by atoms with Crippen LogP contribution in [0.4, 0.5) is 0 Å². The van der Waals surface area contributed by atoms with E-state index in [-0.39, 0.29) is 6.10 Å². The van der Waals surface area contributed by atoms with E-state index in [1.807, 2.05) is 25.1 Å². The van der Waals surface area contributed by atoms with E-state index in [4.69, 9.17) is 15.7 Å². The largest absolute Gasteiger partial charge is 0.476 e. The van der Waals surface area contributed by atoms with Crippen molar-refractivity contribution >= 4 is 15.9 Å². The lowest BCUT2D eigenvalue weighted by Gasteiger charge is -2.12. The van der Waals surface area contributed by atoms with E-state index in [2.05, 4.69) is 22.0 Å². The highest BCUT2D eigenvalue weighted by atomic mass is 79.9. The fourth-order valence-corrected chi connectivity index (χ4v) is 1.78. The van der Waals surface area contributed by atoms with E-state index in [9.17, 15) is 0 Å². The predicted octanol–water partition coefficient (Wildman–Crippen LogP) is 2.63. The Labute approximate surface area is 104 Å². The number of benzene rings is 1. The smallest absolute Gasteiger partial charge is 0.184 e. The molecule has 0 aliphatic heterocycles. The number of ether oxygens (including phenoxy) is 1. The Bertz CT molecular complexity index is 387. The zero-order valence-electron chi connectivity index (χ0n) is 9.24. The molecule has 0 fully saturated rings. The van der Waals surface area contributed by atoms with Gasteiger partial charge in [-0.2, -0.15) is 5.26 Å². The average molecular weight is 283 g/mol. The first-order valence-corrected chi connectivity index (χ1v) is 6.05. The number of hydrogen-bond donors (Lipinski definition) is 1. The molecule has 0 aromatic heterocycles. The summed E-state index contributed by atoms with van der Waals surface area (Å²) in [6.45, 7) is 2.52. The first-order valence-electron chi connectivity index (χ1n) is 5.26. The van der Waals surface area contributed by atoms with Crippen LogP contribution in [0.5, 0.6) is 5.75 Å². The summed E-state index contributed by atoms with van der Waals surface area (Å²) in [5, 5.41) is 8.81. The number of nitrogens with zero attached hydrogens (tertiary/aromatic N) is 1. The number of rotatable bonds is 5. The summed E-state index contributed by atoms with van der Waals surface area (Å²) in [6, 6.07) is 7.81. The molecule has 0 heterocycles. The average Bonchev–Trinajstić information content (AvgIpc) is 2.30. The minimum atomic E-state index is -0.382. The maximum absolute atomic E-state index is 8.81. The van der Waals surface area contributed by atoms with Gasteiger partial charge < -0.3 is 10.5 Å². The monoisotopic (exact) mass is 282 g/mol. The van der Waals surface area contributed by atoms with E-state index in [1.54, 1.807) is 0 Å². The van der Waals surface area contributed by atoms with Crippen LogP contribution >= 0.6 is 15.9 Å². The molecule has 0 aliphatic carbocycles. The molecule has 0 bridgehead atoms. The van der Waals surface area contributed by atoms with Crippen LogP contribution < -0.4 is 10.5 Å². The van der Waals surface area contributed by atoms with Crippen LogP contribution in [0.3, 0.4) is 0 Å². The summed E-state index contributed by atoms with van der Waals surface area (Å²) in [5.74, 6) is 0.722. The maximum Gasteiger partial charge on any atom is 0.184 e. The second-order valence-corrected chi connectivity index (χ2v) is 4.29. The Balaban J connectivity index is 2.82. The van der Waals surface area contributed by atoms with Gasteiger partial charge in [0.2, 0.25) is 0 Å². The van der Waals surface area contributed by atoms with Crippen LogP contribution in [-0.2, 0) is 6.42 Å². The van der Waals surface area contributed by atoms with Gasteiger partial charge in [-0.3, -0.25) is 0 Å². The maximum atomic E-state index is 8.81. The summed E-state index contributed by atoms with van der Waals surface area (Å²) in [7, 11) is 0. The summed E-state index contributed by atoms with van der Waals surface area (Å²) < 4.78 is 6.56. The van der Waals surface area contributed by atoms with Crippen molar-refractivity contribution in [2.24, 2.45) is 5.73 Å². The molecule has 86 valence electrons. The zero-order chi connectivity index (χ0) is 12.0. The minimum Gasteiger partial charge on any atom is -0.476 e. The lowest BCUT2D eigenvalue weighted by molar-refractivity contribution is 0.251. The zero-order valence-corrected chi connectivity index (χ0v) is 10.8. The fourth-order valence-electron chi connectivity index (χ4n) is 1.34. The van der Waals surface area contributed by atoms with Crippen molar-refractivity contribution in [3.63, 3.8) is 0 Å². The molecule has 0 amide bonds. The highest BCUT2D eigenvalue weighted by molar-refractivity contribution is 9.10. The summed E-state index contributed by atoms with van der Waals surface area (Å²) >= 11 is 3.46. The molecule has 0 radical (unpaired) electrons. The van der Waals surface area contributed by atoms with Gasteiger partial charge in [0.15, 0.2) is 6.10 Å². The van der Waals surface area contributed by atoms with Crippen molar-refractivity contribution in [3.8, 4) is 11.8 Å². The molecule has 0 aliphatic rings. The molecule has 1 aromatic carbocycles. The molecular formula is C12H15BrN2O. The number of nitrogens with two attached hydrogens (primary N) is 1. The first kappa shape index (κ1) is 13.0. The molecule has 3 nitrogen and oxygen atoms in total.